The van der Waals surface area contributed by atoms with Crippen LogP contribution in [0.15, 0.2) is 56.8 Å². The monoisotopic (exact) mass is 416 g/mol. The van der Waals surface area contributed by atoms with E-state index in [1.807, 2.05) is 6.07 Å². The van der Waals surface area contributed by atoms with Crippen LogP contribution in [0.2, 0.25) is 0 Å². The van der Waals surface area contributed by atoms with E-state index >= 15 is 0 Å². The number of hydrogen-bond donors (Lipinski definition) is 0. The molecule has 3 aromatic rings. The van der Waals surface area contributed by atoms with Gasteiger partial charge in [-0.15, -0.1) is 0 Å². The number of nitrogens with zero attached hydrogens (tertiary/aromatic N) is 4. The van der Waals surface area contributed by atoms with Crippen LogP contribution < -0.4 is 10.3 Å². The molecular weight excluding hydrogens is 396 g/mol. The first-order chi connectivity index (χ1) is 14.0. The van der Waals surface area contributed by atoms with Crippen molar-refractivity contribution < 1.29 is 17.7 Å². The van der Waals surface area contributed by atoms with Crippen LogP contribution in [0, 0.1) is 0 Å². The Morgan fingerprint density at radius 2 is 1.97 bits per heavy atom. The predicted octanol–water partition coefficient (Wildman–Crippen LogP) is 1.74. The molecule has 1 aromatic carbocycles. The molecule has 1 saturated heterocycles. The Balaban J connectivity index is 1.60. The van der Waals surface area contributed by atoms with Gasteiger partial charge in [-0.2, -0.15) is 9.29 Å². The Morgan fingerprint density at radius 1 is 1.17 bits per heavy atom. The number of pyridine rings is 1. The van der Waals surface area contributed by atoms with Gasteiger partial charge in [-0.05, 0) is 31.0 Å². The van der Waals surface area contributed by atoms with Crippen molar-refractivity contribution >= 4 is 10.0 Å². The normalized spacial score (nSPS) is 14.9. The second-order valence-corrected chi connectivity index (χ2v) is 8.62. The number of ether oxygens (including phenoxy) is 1. The topological polar surface area (TPSA) is 108 Å². The maximum atomic E-state index is 12.7. The summed E-state index contributed by atoms with van der Waals surface area (Å²) in [6.45, 7) is 0.962. The lowest BCUT2D eigenvalue weighted by atomic mass is 10.2. The third-order valence-corrected chi connectivity index (χ3v) is 6.64. The molecule has 0 saturated carbocycles. The van der Waals surface area contributed by atoms with Crippen molar-refractivity contribution in [3.8, 4) is 17.1 Å². The maximum Gasteiger partial charge on any atom is 0.251 e. The van der Waals surface area contributed by atoms with Gasteiger partial charge in [0, 0.05) is 30.9 Å². The fourth-order valence-electron chi connectivity index (χ4n) is 3.21. The minimum atomic E-state index is -3.62. The number of rotatable bonds is 6. The van der Waals surface area contributed by atoms with E-state index in [0.29, 0.717) is 30.2 Å². The lowest BCUT2D eigenvalue weighted by molar-refractivity contribution is 0.369. The second-order valence-electron chi connectivity index (χ2n) is 6.69. The summed E-state index contributed by atoms with van der Waals surface area (Å²) in [5.41, 5.74) is 0.351. The van der Waals surface area contributed by atoms with Crippen LogP contribution in [0.1, 0.15) is 18.7 Å². The Labute approximate surface area is 167 Å². The quantitative estimate of drug-likeness (QED) is 0.602. The molecule has 0 spiro atoms. The van der Waals surface area contributed by atoms with Crippen LogP contribution in [-0.4, -0.2) is 47.6 Å². The number of hydrogen-bond acceptors (Lipinski definition) is 7. The first-order valence-corrected chi connectivity index (χ1v) is 10.6. The summed E-state index contributed by atoms with van der Waals surface area (Å²) in [4.78, 5) is 16.6. The maximum absolute atomic E-state index is 12.7. The van der Waals surface area contributed by atoms with E-state index in [1.54, 1.807) is 25.3 Å². The van der Waals surface area contributed by atoms with E-state index in [0.717, 1.165) is 12.8 Å². The largest absolute Gasteiger partial charge is 0.497 e. The standard InChI is InChI=1S/C19H20N4O5S/c1-27-15-6-4-5-14(11-15)19-20-17(28-21-19)13-22-12-16(7-8-18(22)24)29(25,26)23-9-2-3-10-23/h4-8,11-12H,2-3,9-10,13H2,1H3. The van der Waals surface area contributed by atoms with Crippen molar-refractivity contribution in [3.63, 3.8) is 0 Å². The summed E-state index contributed by atoms with van der Waals surface area (Å²) in [5.74, 6) is 1.21. The van der Waals surface area contributed by atoms with Crippen LogP contribution in [-0.2, 0) is 16.6 Å². The average Bonchev–Trinajstić information content (AvgIpc) is 3.42. The van der Waals surface area contributed by atoms with E-state index in [2.05, 4.69) is 10.1 Å². The minimum Gasteiger partial charge on any atom is -0.497 e. The summed E-state index contributed by atoms with van der Waals surface area (Å²) in [6.07, 6.45) is 3.01. The summed E-state index contributed by atoms with van der Waals surface area (Å²) in [5, 5.41) is 3.94. The minimum absolute atomic E-state index is 0.0286. The first-order valence-electron chi connectivity index (χ1n) is 9.15. The Morgan fingerprint density at radius 3 is 2.72 bits per heavy atom. The molecule has 1 aliphatic rings. The van der Waals surface area contributed by atoms with Gasteiger partial charge in [-0.25, -0.2) is 8.42 Å². The molecule has 0 bridgehead atoms. The first kappa shape index (κ1) is 19.3. The highest BCUT2D eigenvalue weighted by atomic mass is 32.2. The van der Waals surface area contributed by atoms with Gasteiger partial charge in [0.2, 0.25) is 21.7 Å². The fourth-order valence-corrected chi connectivity index (χ4v) is 4.74. The summed E-state index contributed by atoms with van der Waals surface area (Å²) in [6, 6.07) is 9.76. The van der Waals surface area contributed by atoms with Crippen molar-refractivity contribution in [2.24, 2.45) is 0 Å². The number of methoxy groups -OCH3 is 1. The van der Waals surface area contributed by atoms with Crippen molar-refractivity contribution in [1.29, 1.82) is 0 Å². The van der Waals surface area contributed by atoms with E-state index in [1.165, 1.54) is 27.2 Å². The Hall–Kier alpha value is -2.98. The number of sulfonamides is 1. The Bertz CT molecular complexity index is 1180. The smallest absolute Gasteiger partial charge is 0.251 e. The lowest BCUT2D eigenvalue weighted by Crippen LogP contribution is -2.29. The highest BCUT2D eigenvalue weighted by Crippen LogP contribution is 2.22. The van der Waals surface area contributed by atoms with Crippen LogP contribution >= 0.6 is 0 Å². The predicted molar refractivity (Wildman–Crippen MR) is 104 cm³/mol. The molecule has 0 amide bonds. The molecule has 1 fully saturated rings. The van der Waals surface area contributed by atoms with Crippen molar-refractivity contribution in [2.75, 3.05) is 20.2 Å². The van der Waals surface area contributed by atoms with E-state index in [4.69, 9.17) is 9.26 Å². The summed E-state index contributed by atoms with van der Waals surface area (Å²) in [7, 11) is -2.06. The van der Waals surface area contributed by atoms with Gasteiger partial charge in [0.1, 0.15) is 12.3 Å². The highest BCUT2D eigenvalue weighted by Gasteiger charge is 2.27. The van der Waals surface area contributed by atoms with Gasteiger partial charge in [0.25, 0.3) is 5.56 Å². The SMILES string of the molecule is COc1cccc(-c2noc(Cn3cc(S(=O)(=O)N4CCCC4)ccc3=O)n2)c1. The molecule has 0 radical (unpaired) electrons. The van der Waals surface area contributed by atoms with Crippen LogP contribution in [0.3, 0.4) is 0 Å². The molecule has 10 heteroatoms. The molecule has 0 aliphatic carbocycles. The van der Waals surface area contributed by atoms with Gasteiger partial charge in [0.15, 0.2) is 0 Å². The lowest BCUT2D eigenvalue weighted by Gasteiger charge is -2.16. The van der Waals surface area contributed by atoms with Gasteiger partial charge in [-0.3, -0.25) is 4.79 Å². The highest BCUT2D eigenvalue weighted by molar-refractivity contribution is 7.89. The molecule has 0 atom stereocenters. The molecule has 0 N–H and O–H groups in total. The van der Waals surface area contributed by atoms with E-state index in [-0.39, 0.29) is 22.9 Å². The van der Waals surface area contributed by atoms with Gasteiger partial charge in [-0.1, -0.05) is 17.3 Å². The zero-order chi connectivity index (χ0) is 20.4. The fraction of sp³-hybridized carbons (Fsp3) is 0.316. The van der Waals surface area contributed by atoms with Crippen LogP contribution in [0.5, 0.6) is 5.75 Å². The zero-order valence-electron chi connectivity index (χ0n) is 15.8. The van der Waals surface area contributed by atoms with Gasteiger partial charge >= 0.3 is 0 Å². The molecule has 152 valence electrons. The molecule has 2 aromatic heterocycles. The molecule has 4 rings (SSSR count). The van der Waals surface area contributed by atoms with E-state index < -0.39 is 10.0 Å². The third-order valence-electron chi connectivity index (χ3n) is 4.76. The molecule has 3 heterocycles. The van der Waals surface area contributed by atoms with Gasteiger partial charge < -0.3 is 13.8 Å². The summed E-state index contributed by atoms with van der Waals surface area (Å²) >= 11 is 0. The average molecular weight is 416 g/mol. The number of aromatic nitrogens is 3. The van der Waals surface area contributed by atoms with Gasteiger partial charge in [0.05, 0.1) is 12.0 Å². The van der Waals surface area contributed by atoms with Crippen molar-refractivity contribution in [2.45, 2.75) is 24.3 Å². The van der Waals surface area contributed by atoms with E-state index in [9.17, 15) is 13.2 Å². The van der Waals surface area contributed by atoms with Crippen LogP contribution in [0.25, 0.3) is 11.4 Å². The second kappa shape index (κ2) is 7.80. The molecule has 0 unspecified atom stereocenters. The molecule has 29 heavy (non-hydrogen) atoms. The van der Waals surface area contributed by atoms with Crippen molar-refractivity contribution in [3.05, 3.63) is 58.8 Å². The molecule has 9 nitrogen and oxygen atoms in total. The zero-order valence-corrected chi connectivity index (χ0v) is 16.6. The van der Waals surface area contributed by atoms with Crippen molar-refractivity contribution in [1.82, 2.24) is 19.0 Å². The third kappa shape index (κ3) is 3.94. The molecule has 1 aliphatic heterocycles. The van der Waals surface area contributed by atoms with Crippen LogP contribution in [0.4, 0.5) is 0 Å². The summed E-state index contributed by atoms with van der Waals surface area (Å²) < 4.78 is 38.6. The Kier molecular flexibility index (Phi) is 5.20. The number of benzene rings is 1. The molecular formula is C19H20N4O5S.